The number of aliphatic carboxylic acids is 1. The van der Waals surface area contributed by atoms with Crippen molar-refractivity contribution in [3.63, 3.8) is 0 Å². The third-order valence-corrected chi connectivity index (χ3v) is 11.9. The molecule has 4 aliphatic rings. The number of rotatable bonds is 6. The molecule has 3 heteroatoms. The highest BCUT2D eigenvalue weighted by Crippen LogP contribution is 2.73. The van der Waals surface area contributed by atoms with E-state index < -0.39 is 17.5 Å². The van der Waals surface area contributed by atoms with Crippen molar-refractivity contribution < 1.29 is 15.0 Å². The van der Waals surface area contributed by atoms with Crippen LogP contribution in [0.4, 0.5) is 0 Å². The molecule has 0 heterocycles. The van der Waals surface area contributed by atoms with Gasteiger partial charge in [0.1, 0.15) is 0 Å². The molecule has 8 atom stereocenters. The van der Waals surface area contributed by atoms with E-state index >= 15 is 0 Å². The summed E-state index contributed by atoms with van der Waals surface area (Å²) in [5.41, 5.74) is 0.555. The molecule has 4 rings (SSSR count). The Labute approximate surface area is 202 Å². The van der Waals surface area contributed by atoms with Crippen LogP contribution in [0.15, 0.2) is 11.6 Å². The summed E-state index contributed by atoms with van der Waals surface area (Å²) < 4.78 is 0. The van der Waals surface area contributed by atoms with Crippen molar-refractivity contribution >= 4 is 5.97 Å². The van der Waals surface area contributed by atoms with Gasteiger partial charge < -0.3 is 10.2 Å². The van der Waals surface area contributed by atoms with Crippen LogP contribution in [-0.4, -0.2) is 22.3 Å². The fourth-order valence-electron chi connectivity index (χ4n) is 9.63. The van der Waals surface area contributed by atoms with E-state index in [2.05, 4.69) is 54.5 Å². The van der Waals surface area contributed by atoms with Crippen molar-refractivity contribution in [2.45, 2.75) is 119 Å². The van der Waals surface area contributed by atoms with Gasteiger partial charge in [-0.3, -0.25) is 4.79 Å². The summed E-state index contributed by atoms with van der Waals surface area (Å²) in [7, 11) is 0. The minimum atomic E-state index is -0.781. The van der Waals surface area contributed by atoms with Crippen LogP contribution in [0.25, 0.3) is 0 Å². The Morgan fingerprint density at radius 2 is 1.70 bits per heavy atom. The molecule has 0 radical (unpaired) electrons. The van der Waals surface area contributed by atoms with E-state index in [0.29, 0.717) is 18.8 Å². The molecule has 4 aliphatic carbocycles. The van der Waals surface area contributed by atoms with Crippen molar-refractivity contribution in [3.05, 3.63) is 11.6 Å². The fraction of sp³-hybridized carbons (Fsp3) is 0.900. The molecule has 2 N–H and O–H groups in total. The highest BCUT2D eigenvalue weighted by atomic mass is 16.4. The van der Waals surface area contributed by atoms with Gasteiger partial charge >= 0.3 is 5.97 Å². The van der Waals surface area contributed by atoms with E-state index in [4.69, 9.17) is 0 Å². The second-order valence-corrected chi connectivity index (χ2v) is 14.0. The summed E-state index contributed by atoms with van der Waals surface area (Å²) in [6.45, 7) is 16.4. The molecule has 0 aromatic heterocycles. The largest absolute Gasteiger partial charge is 0.481 e. The lowest BCUT2D eigenvalue weighted by Crippen LogP contribution is -2.61. The molecule has 0 unspecified atom stereocenters. The molecule has 3 fully saturated rings. The summed E-state index contributed by atoms with van der Waals surface area (Å²) in [5, 5.41) is 21.5. The summed E-state index contributed by atoms with van der Waals surface area (Å²) in [5.74, 6) is 2.01. The Morgan fingerprint density at radius 1 is 1.00 bits per heavy atom. The quantitative estimate of drug-likeness (QED) is 0.406. The van der Waals surface area contributed by atoms with E-state index in [-0.39, 0.29) is 22.2 Å². The van der Waals surface area contributed by atoms with E-state index in [1.165, 1.54) is 37.7 Å². The number of hydrogen-bond donors (Lipinski definition) is 2. The van der Waals surface area contributed by atoms with E-state index in [9.17, 15) is 15.0 Å². The normalized spacial score (nSPS) is 45.1. The first-order valence-electron chi connectivity index (χ1n) is 13.9. The number of hydrogen-bond acceptors (Lipinski definition) is 2. The third-order valence-electron chi connectivity index (χ3n) is 11.9. The topological polar surface area (TPSA) is 57.5 Å². The molecule has 0 aromatic rings. The summed E-state index contributed by atoms with van der Waals surface area (Å²) in [6.07, 6.45) is 12.8. The van der Waals surface area contributed by atoms with Crippen LogP contribution >= 0.6 is 0 Å². The predicted molar refractivity (Wildman–Crippen MR) is 135 cm³/mol. The second kappa shape index (κ2) is 8.38. The van der Waals surface area contributed by atoms with Gasteiger partial charge in [-0.15, -0.1) is 0 Å². The van der Waals surface area contributed by atoms with Crippen molar-refractivity contribution in [2.24, 2.45) is 51.2 Å². The SMILES string of the molecule is CC(C)CCC[C@@H](C)[C@H]1CC[C@@]2(C)[C@@H]3CC[C@H]4C(C)(C)[C@@H](O)CC[C@]4(C(=O)O)C3=CC[C@]12C. The monoisotopic (exact) mass is 458 g/mol. The second-order valence-electron chi connectivity index (χ2n) is 14.0. The molecular formula is C30H50O3. The van der Waals surface area contributed by atoms with Gasteiger partial charge in [-0.2, -0.15) is 0 Å². The molecule has 0 bridgehead atoms. The zero-order chi connectivity index (χ0) is 24.4. The van der Waals surface area contributed by atoms with E-state index in [0.717, 1.165) is 37.0 Å². The first kappa shape index (κ1) is 25.3. The number of fused-ring (bicyclic) bond motifs is 5. The number of aliphatic hydroxyl groups is 1. The number of carboxylic acid groups (broad SMARTS) is 1. The molecule has 0 aromatic carbocycles. The van der Waals surface area contributed by atoms with Gasteiger partial charge in [0.05, 0.1) is 11.5 Å². The van der Waals surface area contributed by atoms with Crippen LogP contribution in [-0.2, 0) is 4.79 Å². The van der Waals surface area contributed by atoms with E-state index in [1.54, 1.807) is 0 Å². The highest BCUT2D eigenvalue weighted by molar-refractivity contribution is 5.80. The number of carboxylic acids is 1. The molecule has 0 amide bonds. The number of aliphatic hydroxyl groups excluding tert-OH is 1. The molecule has 188 valence electrons. The summed E-state index contributed by atoms with van der Waals surface area (Å²) >= 11 is 0. The molecule has 3 nitrogen and oxygen atoms in total. The van der Waals surface area contributed by atoms with Gasteiger partial charge in [-0.05, 0) is 90.8 Å². The summed E-state index contributed by atoms with van der Waals surface area (Å²) in [6, 6.07) is 0. The van der Waals surface area contributed by atoms with Gasteiger partial charge in [-0.25, -0.2) is 0 Å². The van der Waals surface area contributed by atoms with Crippen LogP contribution in [0.5, 0.6) is 0 Å². The summed E-state index contributed by atoms with van der Waals surface area (Å²) in [4.78, 5) is 13.1. The molecule has 33 heavy (non-hydrogen) atoms. The Morgan fingerprint density at radius 3 is 2.33 bits per heavy atom. The lowest BCUT2D eigenvalue weighted by molar-refractivity contribution is -0.174. The lowest BCUT2D eigenvalue weighted by Gasteiger charge is -2.63. The van der Waals surface area contributed by atoms with Crippen LogP contribution in [0, 0.1) is 51.2 Å². The maximum absolute atomic E-state index is 13.1. The van der Waals surface area contributed by atoms with Crippen LogP contribution in [0.1, 0.15) is 113 Å². The van der Waals surface area contributed by atoms with Crippen LogP contribution in [0.2, 0.25) is 0 Å². The van der Waals surface area contributed by atoms with Gasteiger partial charge in [-0.1, -0.05) is 79.4 Å². The minimum Gasteiger partial charge on any atom is -0.481 e. The third kappa shape index (κ3) is 3.49. The van der Waals surface area contributed by atoms with Crippen molar-refractivity contribution in [1.29, 1.82) is 0 Å². The average Bonchev–Trinajstić information content (AvgIpc) is 3.01. The standard InChI is InChI=1S/C30H50O3/c1-19(2)9-8-10-20(3)21-13-16-29(7)22-11-12-24-27(4,5)25(31)15-18-30(24,26(32)33)23(22)14-17-28(21,29)6/h14,19-22,24-25,31H,8-13,15-18H2,1-7H3,(H,32,33)/t20-,21-,22-,24+,25+,28-,29+,30+/m1/s1. The maximum Gasteiger partial charge on any atom is 0.314 e. The molecule has 3 saturated carbocycles. The Bertz CT molecular complexity index is 796. The van der Waals surface area contributed by atoms with Gasteiger partial charge in [0.15, 0.2) is 0 Å². The number of carbonyl (C=O) groups is 1. The fourth-order valence-corrected chi connectivity index (χ4v) is 9.63. The molecule has 0 saturated heterocycles. The Balaban J connectivity index is 1.68. The van der Waals surface area contributed by atoms with Gasteiger partial charge in [0, 0.05) is 0 Å². The maximum atomic E-state index is 13.1. The first-order chi connectivity index (χ1) is 15.3. The predicted octanol–water partition coefficient (Wildman–Crippen LogP) is 7.48. The molecule has 0 aliphatic heterocycles. The van der Waals surface area contributed by atoms with Crippen molar-refractivity contribution in [2.75, 3.05) is 0 Å². The molecular weight excluding hydrogens is 408 g/mol. The van der Waals surface area contributed by atoms with Crippen molar-refractivity contribution in [1.82, 2.24) is 0 Å². The van der Waals surface area contributed by atoms with Crippen molar-refractivity contribution in [3.8, 4) is 0 Å². The zero-order valence-corrected chi connectivity index (χ0v) is 22.4. The van der Waals surface area contributed by atoms with Crippen LogP contribution < -0.4 is 0 Å². The Kier molecular flexibility index (Phi) is 6.42. The zero-order valence-electron chi connectivity index (χ0n) is 22.4. The smallest absolute Gasteiger partial charge is 0.314 e. The van der Waals surface area contributed by atoms with E-state index in [1.807, 2.05) is 0 Å². The van der Waals surface area contributed by atoms with Crippen LogP contribution in [0.3, 0.4) is 0 Å². The van der Waals surface area contributed by atoms with Gasteiger partial charge in [0.2, 0.25) is 0 Å². The first-order valence-corrected chi connectivity index (χ1v) is 13.9. The molecule has 0 spiro atoms. The van der Waals surface area contributed by atoms with Gasteiger partial charge in [0.25, 0.3) is 0 Å². The Hall–Kier alpha value is -0.830. The highest BCUT2D eigenvalue weighted by Gasteiger charge is 2.68. The average molecular weight is 459 g/mol. The lowest BCUT2D eigenvalue weighted by atomic mass is 9.40. The minimum absolute atomic E-state index is 0.0221. The number of allylic oxidation sites excluding steroid dienone is 1.